The predicted octanol–water partition coefficient (Wildman–Crippen LogP) is 4.91. The Labute approximate surface area is 151 Å². The predicted molar refractivity (Wildman–Crippen MR) is 103 cm³/mol. The smallest absolute Gasteiger partial charge is 0.290 e. The summed E-state index contributed by atoms with van der Waals surface area (Å²) in [6.45, 7) is 0.316. The number of hydrogen-bond donors (Lipinski definition) is 1. The Morgan fingerprint density at radius 2 is 1.58 bits per heavy atom. The minimum Gasteiger partial charge on any atom is -0.489 e. The van der Waals surface area contributed by atoms with E-state index in [1.807, 2.05) is 36.7 Å². The first kappa shape index (κ1) is 17.3. The highest BCUT2D eigenvalue weighted by atomic mass is 16.5. The van der Waals surface area contributed by atoms with E-state index >= 15 is 0 Å². The van der Waals surface area contributed by atoms with Crippen molar-refractivity contribution < 1.29 is 14.6 Å². The van der Waals surface area contributed by atoms with E-state index in [-0.39, 0.29) is 6.47 Å². The van der Waals surface area contributed by atoms with Gasteiger partial charge in [-0.3, -0.25) is 4.79 Å². The van der Waals surface area contributed by atoms with Gasteiger partial charge in [-0.25, -0.2) is 0 Å². The van der Waals surface area contributed by atoms with Crippen LogP contribution in [0.5, 0.6) is 5.75 Å². The van der Waals surface area contributed by atoms with Gasteiger partial charge in [-0.2, -0.15) is 0 Å². The molecule has 1 N–H and O–H groups in total. The molecular formula is C22H19NO3. The minimum atomic E-state index is -0.250. The Morgan fingerprint density at radius 1 is 0.885 bits per heavy atom. The van der Waals surface area contributed by atoms with Crippen molar-refractivity contribution in [2.75, 3.05) is 0 Å². The van der Waals surface area contributed by atoms with Crippen molar-refractivity contribution in [2.24, 2.45) is 0 Å². The maximum atomic E-state index is 8.36. The molecular weight excluding hydrogens is 326 g/mol. The molecule has 4 nitrogen and oxygen atoms in total. The summed E-state index contributed by atoms with van der Waals surface area (Å²) in [4.78, 5) is 8.36. The van der Waals surface area contributed by atoms with Gasteiger partial charge in [0.15, 0.2) is 0 Å². The Hall–Kier alpha value is -3.53. The van der Waals surface area contributed by atoms with E-state index in [1.54, 1.807) is 0 Å². The van der Waals surface area contributed by atoms with Crippen molar-refractivity contribution in [3.05, 3.63) is 96.8 Å². The third-order valence-corrected chi connectivity index (χ3v) is 3.99. The lowest BCUT2D eigenvalue weighted by atomic mass is 10.1. The fourth-order valence-corrected chi connectivity index (χ4v) is 2.82. The zero-order valence-corrected chi connectivity index (χ0v) is 14.2. The van der Waals surface area contributed by atoms with Gasteiger partial charge in [0.25, 0.3) is 6.47 Å². The Bertz CT molecular complexity index is 972. The molecule has 4 heteroatoms. The van der Waals surface area contributed by atoms with Crippen molar-refractivity contribution in [2.45, 2.75) is 6.61 Å². The highest BCUT2D eigenvalue weighted by molar-refractivity contribution is 5.85. The van der Waals surface area contributed by atoms with E-state index in [2.05, 4.69) is 59.2 Å². The first-order chi connectivity index (χ1) is 12.8. The van der Waals surface area contributed by atoms with Crippen LogP contribution in [0.3, 0.4) is 0 Å². The van der Waals surface area contributed by atoms with Crippen LogP contribution >= 0.6 is 0 Å². The SMILES string of the molecule is O=CO.c1cc(OCc2cccc3ccccc23)cc(-n2cccc2)c1. The van der Waals surface area contributed by atoms with E-state index in [4.69, 9.17) is 14.6 Å². The average molecular weight is 345 g/mol. The summed E-state index contributed by atoms with van der Waals surface area (Å²) in [7, 11) is 0. The lowest BCUT2D eigenvalue weighted by Crippen LogP contribution is -1.97. The first-order valence-electron chi connectivity index (χ1n) is 8.22. The molecule has 0 aliphatic carbocycles. The van der Waals surface area contributed by atoms with Gasteiger partial charge < -0.3 is 14.4 Å². The Morgan fingerprint density at radius 3 is 2.38 bits per heavy atom. The zero-order chi connectivity index (χ0) is 18.2. The van der Waals surface area contributed by atoms with Crippen LogP contribution in [0.2, 0.25) is 0 Å². The van der Waals surface area contributed by atoms with E-state index < -0.39 is 0 Å². The fourth-order valence-electron chi connectivity index (χ4n) is 2.82. The number of nitrogens with zero attached hydrogens (tertiary/aromatic N) is 1. The third kappa shape index (κ3) is 4.11. The first-order valence-corrected chi connectivity index (χ1v) is 8.22. The van der Waals surface area contributed by atoms with Crippen LogP contribution in [0.1, 0.15) is 5.56 Å². The lowest BCUT2D eigenvalue weighted by Gasteiger charge is -2.11. The van der Waals surface area contributed by atoms with Crippen LogP contribution in [-0.4, -0.2) is 16.1 Å². The number of hydrogen-bond acceptors (Lipinski definition) is 2. The molecule has 0 saturated heterocycles. The van der Waals surface area contributed by atoms with Crippen LogP contribution in [0.4, 0.5) is 0 Å². The van der Waals surface area contributed by atoms with Crippen molar-refractivity contribution in [1.29, 1.82) is 0 Å². The normalized spacial score (nSPS) is 10.0. The molecule has 0 radical (unpaired) electrons. The Balaban J connectivity index is 0.000000613. The molecule has 0 saturated carbocycles. The second-order valence-electron chi connectivity index (χ2n) is 5.62. The third-order valence-electron chi connectivity index (χ3n) is 3.99. The summed E-state index contributed by atoms with van der Waals surface area (Å²) in [5, 5.41) is 9.38. The number of rotatable bonds is 4. The molecule has 4 rings (SSSR count). The summed E-state index contributed by atoms with van der Waals surface area (Å²) in [6, 6.07) is 26.9. The molecule has 0 fully saturated rings. The number of fused-ring (bicyclic) bond motifs is 1. The van der Waals surface area contributed by atoms with Crippen molar-refractivity contribution in [3.8, 4) is 11.4 Å². The monoisotopic (exact) mass is 345 g/mol. The molecule has 4 aromatic rings. The highest BCUT2D eigenvalue weighted by Gasteiger charge is 2.03. The lowest BCUT2D eigenvalue weighted by molar-refractivity contribution is -0.122. The zero-order valence-electron chi connectivity index (χ0n) is 14.2. The van der Waals surface area contributed by atoms with Gasteiger partial charge in [0, 0.05) is 24.1 Å². The summed E-state index contributed by atoms with van der Waals surface area (Å²) < 4.78 is 8.10. The molecule has 0 aliphatic heterocycles. The van der Waals surface area contributed by atoms with Gasteiger partial charge >= 0.3 is 0 Å². The van der Waals surface area contributed by atoms with Gasteiger partial charge in [-0.1, -0.05) is 48.5 Å². The second-order valence-corrected chi connectivity index (χ2v) is 5.62. The van der Waals surface area contributed by atoms with Crippen LogP contribution in [0.15, 0.2) is 91.3 Å². The van der Waals surface area contributed by atoms with Crippen molar-refractivity contribution in [1.82, 2.24) is 4.57 Å². The minimum absolute atomic E-state index is 0.250. The maximum Gasteiger partial charge on any atom is 0.290 e. The number of carboxylic acid groups (broad SMARTS) is 1. The van der Waals surface area contributed by atoms with E-state index in [9.17, 15) is 0 Å². The number of ether oxygens (including phenoxy) is 1. The standard InChI is InChI=1S/C21H17NO.CH2O2/c1-2-12-21-17(7-1)8-5-9-18(21)16-23-20-11-6-10-19(15-20)22-13-3-4-14-22;2-1-3/h1-15H,16H2;1H,(H,2,3). The van der Waals surface area contributed by atoms with Crippen molar-refractivity contribution >= 4 is 17.2 Å². The van der Waals surface area contributed by atoms with E-state index in [0.717, 1.165) is 11.4 Å². The summed E-state index contributed by atoms with van der Waals surface area (Å²) in [6.07, 6.45) is 4.06. The molecule has 3 aromatic carbocycles. The van der Waals surface area contributed by atoms with Crippen LogP contribution in [-0.2, 0) is 11.4 Å². The number of benzene rings is 3. The second kappa shape index (κ2) is 8.53. The molecule has 0 spiro atoms. The van der Waals surface area contributed by atoms with Gasteiger partial charge in [0.1, 0.15) is 12.4 Å². The highest BCUT2D eigenvalue weighted by Crippen LogP contribution is 2.22. The van der Waals surface area contributed by atoms with E-state index in [0.29, 0.717) is 6.61 Å². The van der Waals surface area contributed by atoms with Gasteiger partial charge in [-0.15, -0.1) is 0 Å². The quantitative estimate of drug-likeness (QED) is 0.535. The molecule has 0 bridgehead atoms. The summed E-state index contributed by atoms with van der Waals surface area (Å²) in [5.74, 6) is 0.879. The molecule has 26 heavy (non-hydrogen) atoms. The van der Waals surface area contributed by atoms with Crippen LogP contribution in [0, 0.1) is 0 Å². The van der Waals surface area contributed by atoms with Crippen LogP contribution < -0.4 is 4.74 Å². The van der Waals surface area contributed by atoms with E-state index in [1.165, 1.54) is 16.3 Å². The molecule has 0 unspecified atom stereocenters. The topological polar surface area (TPSA) is 51.5 Å². The van der Waals surface area contributed by atoms with Gasteiger partial charge in [-0.05, 0) is 40.6 Å². The fraction of sp³-hybridized carbons (Fsp3) is 0.0455. The largest absolute Gasteiger partial charge is 0.489 e. The van der Waals surface area contributed by atoms with Gasteiger partial charge in [0.2, 0.25) is 0 Å². The molecule has 0 amide bonds. The summed E-state index contributed by atoms with van der Waals surface area (Å²) >= 11 is 0. The number of carbonyl (C=O) groups is 1. The molecule has 1 aromatic heterocycles. The van der Waals surface area contributed by atoms with Gasteiger partial charge in [0.05, 0.1) is 0 Å². The number of aromatic nitrogens is 1. The maximum absolute atomic E-state index is 8.36. The summed E-state index contributed by atoms with van der Waals surface area (Å²) in [5.41, 5.74) is 2.31. The molecule has 0 atom stereocenters. The molecule has 130 valence electrons. The molecule has 1 heterocycles. The van der Waals surface area contributed by atoms with Crippen LogP contribution in [0.25, 0.3) is 16.5 Å². The molecule has 0 aliphatic rings. The average Bonchev–Trinajstić information content (AvgIpc) is 3.22. The Kier molecular flexibility index (Phi) is 5.68. The van der Waals surface area contributed by atoms with Crippen molar-refractivity contribution in [3.63, 3.8) is 0 Å².